The number of hydrogen-bond acceptors (Lipinski definition) is 6. The Morgan fingerprint density at radius 1 is 1.11 bits per heavy atom. The number of rotatable bonds is 8. The third-order valence-electron chi connectivity index (χ3n) is 7.60. The molecule has 8 nitrogen and oxygen atoms in total. The summed E-state index contributed by atoms with van der Waals surface area (Å²) in [5, 5.41) is 23.3. The molecule has 3 N–H and O–H groups in total. The predicted octanol–water partition coefficient (Wildman–Crippen LogP) is 2.59. The van der Waals surface area contributed by atoms with Crippen LogP contribution in [0.4, 0.5) is 0 Å². The number of cyclic esters (lactones) is 1. The number of ether oxygens (including phenoxy) is 1. The first-order chi connectivity index (χ1) is 17.2. The number of esters is 1. The van der Waals surface area contributed by atoms with Crippen LogP contribution >= 0.6 is 0 Å². The lowest BCUT2D eigenvalue weighted by Crippen LogP contribution is -2.55. The molecule has 2 amide bonds. The molecule has 3 rings (SSSR count). The van der Waals surface area contributed by atoms with Crippen molar-refractivity contribution >= 4 is 17.8 Å². The maximum Gasteiger partial charge on any atom is 0.329 e. The van der Waals surface area contributed by atoms with Crippen molar-refractivity contribution in [3.63, 3.8) is 0 Å². The molecule has 0 spiro atoms. The number of amides is 2. The van der Waals surface area contributed by atoms with Gasteiger partial charge < -0.3 is 25.2 Å². The van der Waals surface area contributed by atoms with E-state index in [4.69, 9.17) is 4.74 Å². The zero-order valence-electron chi connectivity index (χ0n) is 21.8. The lowest BCUT2D eigenvalue weighted by molar-refractivity contribution is -0.163. The zero-order valence-corrected chi connectivity index (χ0v) is 21.8. The van der Waals surface area contributed by atoms with Crippen LogP contribution in [-0.2, 0) is 25.5 Å². The van der Waals surface area contributed by atoms with Gasteiger partial charge in [0, 0.05) is 19.4 Å². The first-order valence-electron chi connectivity index (χ1n) is 13.4. The standard InChI is InChI=1S/C28H42N2O6/c1-18(10-7-8-11-19(2)31)25-17-24(32)20(3)26(33)29-22(16-21-12-5-4-6-13-21)27(34)30-15-9-14-23(30)28(35)36-25/h4-6,12-13,18-20,22-25,31-32H,7-11,14-17H2,1-3H3,(H,29,33). The maximum absolute atomic E-state index is 13.6. The summed E-state index contributed by atoms with van der Waals surface area (Å²) in [5.41, 5.74) is 0.902. The van der Waals surface area contributed by atoms with E-state index in [0.717, 1.165) is 24.8 Å². The van der Waals surface area contributed by atoms with Crippen LogP contribution in [0.2, 0.25) is 0 Å². The van der Waals surface area contributed by atoms with Crippen LogP contribution in [0.25, 0.3) is 0 Å². The molecule has 1 aromatic carbocycles. The monoisotopic (exact) mass is 502 g/mol. The third kappa shape index (κ3) is 7.53. The van der Waals surface area contributed by atoms with E-state index >= 15 is 0 Å². The Labute approximate surface area is 214 Å². The summed E-state index contributed by atoms with van der Waals surface area (Å²) in [4.78, 5) is 41.6. The molecule has 1 aromatic rings. The highest BCUT2D eigenvalue weighted by molar-refractivity contribution is 5.92. The summed E-state index contributed by atoms with van der Waals surface area (Å²) in [6.45, 7) is 5.83. The molecule has 8 heteroatoms. The fourth-order valence-electron chi connectivity index (χ4n) is 5.16. The van der Waals surface area contributed by atoms with Crippen LogP contribution in [0.3, 0.4) is 0 Å². The number of benzene rings is 1. The quantitative estimate of drug-likeness (QED) is 0.372. The normalized spacial score (nSPS) is 29.4. The second-order valence-corrected chi connectivity index (χ2v) is 10.6. The molecule has 2 aliphatic rings. The van der Waals surface area contributed by atoms with Gasteiger partial charge in [0.05, 0.1) is 18.1 Å². The van der Waals surface area contributed by atoms with Crippen molar-refractivity contribution in [1.29, 1.82) is 0 Å². The van der Waals surface area contributed by atoms with Gasteiger partial charge in [-0.15, -0.1) is 0 Å². The molecule has 0 radical (unpaired) electrons. The molecule has 2 saturated heterocycles. The van der Waals surface area contributed by atoms with Gasteiger partial charge in [-0.3, -0.25) is 9.59 Å². The summed E-state index contributed by atoms with van der Waals surface area (Å²) in [5.74, 6) is -1.92. The van der Waals surface area contributed by atoms with Crippen molar-refractivity contribution in [2.24, 2.45) is 11.8 Å². The number of carbonyl (C=O) groups excluding carboxylic acids is 3. The Kier molecular flexibility index (Phi) is 10.3. The van der Waals surface area contributed by atoms with Crippen molar-refractivity contribution < 1.29 is 29.3 Å². The van der Waals surface area contributed by atoms with E-state index in [1.807, 2.05) is 37.3 Å². The molecule has 2 fully saturated rings. The Hall–Kier alpha value is -2.45. The van der Waals surface area contributed by atoms with Crippen LogP contribution in [0.5, 0.6) is 0 Å². The van der Waals surface area contributed by atoms with Crippen molar-refractivity contribution in [2.75, 3.05) is 6.54 Å². The summed E-state index contributed by atoms with van der Waals surface area (Å²) in [6.07, 6.45) is 2.93. The van der Waals surface area contributed by atoms with Crippen LogP contribution in [0, 0.1) is 11.8 Å². The molecule has 36 heavy (non-hydrogen) atoms. The van der Waals surface area contributed by atoms with E-state index in [-0.39, 0.29) is 30.3 Å². The average molecular weight is 503 g/mol. The SMILES string of the molecule is CC(O)CCCCC(C)C1CC(O)C(C)C(=O)NC(Cc2ccccc2)C(=O)N2CCCC2C(=O)O1. The molecule has 7 atom stereocenters. The smallest absolute Gasteiger partial charge is 0.329 e. The maximum atomic E-state index is 13.6. The largest absolute Gasteiger partial charge is 0.460 e. The van der Waals surface area contributed by atoms with Gasteiger partial charge in [-0.05, 0) is 44.1 Å². The first-order valence-corrected chi connectivity index (χ1v) is 13.4. The van der Waals surface area contributed by atoms with Crippen molar-refractivity contribution in [2.45, 2.75) is 103 Å². The zero-order chi connectivity index (χ0) is 26.2. The third-order valence-corrected chi connectivity index (χ3v) is 7.60. The summed E-state index contributed by atoms with van der Waals surface area (Å²) in [6, 6.07) is 7.93. The highest BCUT2D eigenvalue weighted by Gasteiger charge is 2.41. The topological polar surface area (TPSA) is 116 Å². The summed E-state index contributed by atoms with van der Waals surface area (Å²) in [7, 11) is 0. The highest BCUT2D eigenvalue weighted by atomic mass is 16.5. The number of nitrogens with one attached hydrogen (secondary N) is 1. The van der Waals surface area contributed by atoms with Gasteiger partial charge in [0.15, 0.2) is 0 Å². The van der Waals surface area contributed by atoms with E-state index in [0.29, 0.717) is 32.2 Å². The fraction of sp³-hybridized carbons (Fsp3) is 0.679. The molecule has 7 unspecified atom stereocenters. The van der Waals surface area contributed by atoms with Gasteiger partial charge in [0.25, 0.3) is 0 Å². The molecular weight excluding hydrogens is 460 g/mol. The van der Waals surface area contributed by atoms with Crippen LogP contribution in [-0.4, -0.2) is 69.8 Å². The van der Waals surface area contributed by atoms with Crippen molar-refractivity contribution in [3.8, 4) is 0 Å². The Morgan fingerprint density at radius 2 is 1.81 bits per heavy atom. The average Bonchev–Trinajstić information content (AvgIpc) is 3.34. The van der Waals surface area contributed by atoms with Crippen molar-refractivity contribution in [3.05, 3.63) is 35.9 Å². The number of fused-ring (bicyclic) bond motifs is 1. The van der Waals surface area contributed by atoms with E-state index in [2.05, 4.69) is 5.32 Å². The molecule has 0 saturated carbocycles. The van der Waals surface area contributed by atoms with Crippen LogP contribution < -0.4 is 5.32 Å². The number of unbranched alkanes of at least 4 members (excludes halogenated alkanes) is 1. The second kappa shape index (κ2) is 13.2. The summed E-state index contributed by atoms with van der Waals surface area (Å²) < 4.78 is 5.96. The molecule has 0 aromatic heterocycles. The Bertz CT molecular complexity index is 876. The van der Waals surface area contributed by atoms with E-state index in [1.54, 1.807) is 18.7 Å². The number of aliphatic hydroxyl groups excluding tert-OH is 2. The van der Waals surface area contributed by atoms with E-state index in [9.17, 15) is 24.6 Å². The van der Waals surface area contributed by atoms with E-state index in [1.165, 1.54) is 0 Å². The molecule has 2 heterocycles. The van der Waals surface area contributed by atoms with Crippen LogP contribution in [0.15, 0.2) is 30.3 Å². The van der Waals surface area contributed by atoms with Gasteiger partial charge >= 0.3 is 5.97 Å². The number of hydrogen-bond donors (Lipinski definition) is 3. The fourth-order valence-corrected chi connectivity index (χ4v) is 5.16. The molecule has 0 aliphatic carbocycles. The minimum absolute atomic E-state index is 0.0350. The van der Waals surface area contributed by atoms with Gasteiger partial charge in [0.1, 0.15) is 18.2 Å². The second-order valence-electron chi connectivity index (χ2n) is 10.6. The Balaban J connectivity index is 1.80. The predicted molar refractivity (Wildman–Crippen MR) is 136 cm³/mol. The number of aliphatic hydroxyl groups is 2. The molecule has 0 bridgehead atoms. The van der Waals surface area contributed by atoms with Crippen LogP contribution in [0.1, 0.15) is 71.3 Å². The van der Waals surface area contributed by atoms with Gasteiger partial charge in [-0.1, -0.05) is 57.0 Å². The Morgan fingerprint density at radius 3 is 2.50 bits per heavy atom. The van der Waals surface area contributed by atoms with E-state index < -0.39 is 36.2 Å². The lowest BCUT2D eigenvalue weighted by Gasteiger charge is -2.34. The molecule has 200 valence electrons. The van der Waals surface area contributed by atoms with Gasteiger partial charge in [-0.25, -0.2) is 4.79 Å². The highest BCUT2D eigenvalue weighted by Crippen LogP contribution is 2.27. The number of carbonyl (C=O) groups is 3. The lowest BCUT2D eigenvalue weighted by atomic mass is 9.89. The summed E-state index contributed by atoms with van der Waals surface area (Å²) >= 11 is 0. The van der Waals surface area contributed by atoms with Crippen molar-refractivity contribution in [1.82, 2.24) is 10.2 Å². The minimum atomic E-state index is -1.02. The van der Waals surface area contributed by atoms with Gasteiger partial charge in [-0.2, -0.15) is 0 Å². The number of nitrogens with zero attached hydrogens (tertiary/aromatic N) is 1. The molecule has 2 aliphatic heterocycles. The molecular formula is C28H42N2O6. The van der Waals surface area contributed by atoms with Gasteiger partial charge in [0.2, 0.25) is 11.8 Å². The first kappa shape index (κ1) is 28.1. The minimum Gasteiger partial charge on any atom is -0.460 e.